The lowest BCUT2D eigenvalue weighted by Gasteiger charge is -2.35. The lowest BCUT2D eigenvalue weighted by atomic mass is 9.85. The lowest BCUT2D eigenvalue weighted by Crippen LogP contribution is -2.52. The summed E-state index contributed by atoms with van der Waals surface area (Å²) in [5.74, 6) is 0.230. The molecule has 180 valence electrons. The number of ether oxygens (including phenoxy) is 1. The van der Waals surface area contributed by atoms with Gasteiger partial charge in [-0.3, -0.25) is 14.4 Å². The Morgan fingerprint density at radius 3 is 2.59 bits per heavy atom. The molecule has 0 aromatic heterocycles. The monoisotopic (exact) mass is 467 g/mol. The van der Waals surface area contributed by atoms with E-state index in [9.17, 15) is 18.8 Å². The maximum absolute atomic E-state index is 13.3. The smallest absolute Gasteiger partial charge is 0.242 e. The molecule has 1 N–H and O–H groups in total. The average Bonchev–Trinajstić information content (AvgIpc) is 3.21. The summed E-state index contributed by atoms with van der Waals surface area (Å²) in [4.78, 5) is 41.0. The number of hydrogen-bond donors (Lipinski definition) is 1. The molecule has 34 heavy (non-hydrogen) atoms. The Bertz CT molecular complexity index is 1060. The fourth-order valence-electron chi connectivity index (χ4n) is 4.76. The van der Waals surface area contributed by atoms with E-state index in [0.29, 0.717) is 45.3 Å². The molecule has 1 unspecified atom stereocenters. The van der Waals surface area contributed by atoms with Gasteiger partial charge in [0.15, 0.2) is 0 Å². The Labute approximate surface area is 198 Å². The van der Waals surface area contributed by atoms with Gasteiger partial charge >= 0.3 is 0 Å². The fraction of sp³-hybridized carbons (Fsp3) is 0.423. The second kappa shape index (κ2) is 10.2. The fourth-order valence-corrected chi connectivity index (χ4v) is 4.76. The zero-order valence-electron chi connectivity index (χ0n) is 19.4. The van der Waals surface area contributed by atoms with Crippen LogP contribution in [0.2, 0.25) is 0 Å². The van der Waals surface area contributed by atoms with Crippen molar-refractivity contribution in [2.45, 2.75) is 44.2 Å². The van der Waals surface area contributed by atoms with E-state index in [1.165, 1.54) is 12.1 Å². The lowest BCUT2D eigenvalue weighted by molar-refractivity contribution is -0.145. The van der Waals surface area contributed by atoms with Crippen LogP contribution >= 0.6 is 0 Å². The van der Waals surface area contributed by atoms with Crippen molar-refractivity contribution in [3.05, 3.63) is 65.5 Å². The first-order valence-electron chi connectivity index (χ1n) is 11.6. The number of benzene rings is 2. The molecule has 3 amide bonds. The van der Waals surface area contributed by atoms with Gasteiger partial charge in [-0.2, -0.15) is 0 Å². The van der Waals surface area contributed by atoms with Crippen molar-refractivity contribution in [2.24, 2.45) is 0 Å². The largest absolute Gasteiger partial charge is 0.497 e. The first kappa shape index (κ1) is 23.7. The number of rotatable bonds is 8. The van der Waals surface area contributed by atoms with Crippen molar-refractivity contribution in [3.63, 3.8) is 0 Å². The molecule has 2 heterocycles. The standard InChI is InChI=1S/C26H30FN3O4/c1-34-22-4-2-3-20(15-22)17-29-13-14-30(18-25(29)33)24(32)10-12-26(11-9-23(31)28-26)16-19-5-7-21(27)8-6-19/h2-8,15H,9-14,16-18H2,1H3,(H,28,31). The first-order chi connectivity index (χ1) is 16.4. The zero-order chi connectivity index (χ0) is 24.1. The van der Waals surface area contributed by atoms with Crippen molar-refractivity contribution < 1.29 is 23.5 Å². The van der Waals surface area contributed by atoms with E-state index in [-0.39, 0.29) is 36.5 Å². The number of halogens is 1. The van der Waals surface area contributed by atoms with Crippen LogP contribution < -0.4 is 10.1 Å². The van der Waals surface area contributed by atoms with Crippen molar-refractivity contribution in [1.82, 2.24) is 15.1 Å². The van der Waals surface area contributed by atoms with Crippen LogP contribution in [-0.4, -0.2) is 59.8 Å². The minimum absolute atomic E-state index is 0.0316. The molecular weight excluding hydrogens is 437 g/mol. The second-order valence-corrected chi connectivity index (χ2v) is 9.11. The maximum atomic E-state index is 13.3. The highest BCUT2D eigenvalue weighted by atomic mass is 19.1. The van der Waals surface area contributed by atoms with Gasteiger partial charge in [0.1, 0.15) is 11.6 Å². The first-order valence-corrected chi connectivity index (χ1v) is 11.6. The van der Waals surface area contributed by atoms with E-state index in [0.717, 1.165) is 16.9 Å². The molecule has 2 aliphatic heterocycles. The summed E-state index contributed by atoms with van der Waals surface area (Å²) in [5, 5.41) is 3.05. The molecule has 0 spiro atoms. The number of carbonyl (C=O) groups excluding carboxylic acids is 3. The minimum atomic E-state index is -0.525. The molecule has 2 aromatic rings. The number of amides is 3. The summed E-state index contributed by atoms with van der Waals surface area (Å²) in [7, 11) is 1.61. The number of methoxy groups -OCH3 is 1. The van der Waals surface area contributed by atoms with Gasteiger partial charge < -0.3 is 19.9 Å². The Kier molecular flexibility index (Phi) is 7.14. The van der Waals surface area contributed by atoms with Crippen LogP contribution in [-0.2, 0) is 27.3 Å². The summed E-state index contributed by atoms with van der Waals surface area (Å²) < 4.78 is 18.5. The van der Waals surface area contributed by atoms with E-state index in [1.807, 2.05) is 24.3 Å². The van der Waals surface area contributed by atoms with Crippen molar-refractivity contribution in [3.8, 4) is 5.75 Å². The molecular formula is C26H30FN3O4. The van der Waals surface area contributed by atoms with Gasteiger partial charge in [-0.15, -0.1) is 0 Å². The van der Waals surface area contributed by atoms with Crippen LogP contribution in [0.15, 0.2) is 48.5 Å². The molecule has 0 radical (unpaired) electrons. The third-order valence-corrected chi connectivity index (χ3v) is 6.69. The van der Waals surface area contributed by atoms with E-state index >= 15 is 0 Å². The predicted octanol–water partition coefficient (Wildman–Crippen LogP) is 2.68. The summed E-state index contributed by atoms with van der Waals surface area (Å²) in [6, 6.07) is 13.8. The van der Waals surface area contributed by atoms with Gasteiger partial charge in [0.25, 0.3) is 0 Å². The average molecular weight is 468 g/mol. The Morgan fingerprint density at radius 1 is 1.12 bits per heavy atom. The zero-order valence-corrected chi connectivity index (χ0v) is 19.4. The topological polar surface area (TPSA) is 79.0 Å². The number of nitrogens with zero attached hydrogens (tertiary/aromatic N) is 2. The highest BCUT2D eigenvalue weighted by Gasteiger charge is 2.38. The molecule has 2 saturated heterocycles. The molecule has 2 fully saturated rings. The van der Waals surface area contributed by atoms with E-state index < -0.39 is 5.54 Å². The predicted molar refractivity (Wildman–Crippen MR) is 124 cm³/mol. The Hall–Kier alpha value is -3.42. The third kappa shape index (κ3) is 5.73. The third-order valence-electron chi connectivity index (χ3n) is 6.69. The Balaban J connectivity index is 1.32. The van der Waals surface area contributed by atoms with Gasteiger partial charge in [0, 0.05) is 38.0 Å². The van der Waals surface area contributed by atoms with Crippen molar-refractivity contribution >= 4 is 17.7 Å². The normalized spacial score (nSPS) is 20.4. The van der Waals surface area contributed by atoms with Crippen LogP contribution in [0.4, 0.5) is 4.39 Å². The minimum Gasteiger partial charge on any atom is -0.497 e. The van der Waals surface area contributed by atoms with Gasteiger partial charge in [0.2, 0.25) is 17.7 Å². The van der Waals surface area contributed by atoms with Gasteiger partial charge in [-0.1, -0.05) is 24.3 Å². The van der Waals surface area contributed by atoms with Gasteiger partial charge in [0.05, 0.1) is 13.7 Å². The number of piperazine rings is 1. The number of nitrogens with one attached hydrogen (secondary N) is 1. The summed E-state index contributed by atoms with van der Waals surface area (Å²) in [6.07, 6.45) is 2.30. The van der Waals surface area contributed by atoms with E-state index in [1.54, 1.807) is 29.0 Å². The molecule has 0 aliphatic carbocycles. The highest BCUT2D eigenvalue weighted by molar-refractivity contribution is 5.86. The summed E-state index contributed by atoms with van der Waals surface area (Å²) in [6.45, 7) is 1.48. The van der Waals surface area contributed by atoms with Crippen LogP contribution in [0, 0.1) is 5.82 Å². The SMILES string of the molecule is COc1cccc(CN2CCN(C(=O)CCC3(Cc4ccc(F)cc4)CCC(=O)N3)CC2=O)c1. The molecule has 4 rings (SSSR count). The molecule has 2 aromatic carbocycles. The second-order valence-electron chi connectivity index (χ2n) is 9.11. The van der Waals surface area contributed by atoms with Crippen molar-refractivity contribution in [1.29, 1.82) is 0 Å². The molecule has 7 nitrogen and oxygen atoms in total. The van der Waals surface area contributed by atoms with Crippen LogP contribution in [0.1, 0.15) is 36.8 Å². The number of carbonyl (C=O) groups is 3. The Morgan fingerprint density at radius 2 is 1.91 bits per heavy atom. The van der Waals surface area contributed by atoms with E-state index in [2.05, 4.69) is 5.32 Å². The van der Waals surface area contributed by atoms with Gasteiger partial charge in [-0.25, -0.2) is 4.39 Å². The molecule has 8 heteroatoms. The van der Waals surface area contributed by atoms with Crippen LogP contribution in [0.3, 0.4) is 0 Å². The van der Waals surface area contributed by atoms with Crippen LogP contribution in [0.5, 0.6) is 5.75 Å². The molecule has 1 atom stereocenters. The number of hydrogen-bond acceptors (Lipinski definition) is 4. The maximum Gasteiger partial charge on any atom is 0.242 e. The summed E-state index contributed by atoms with van der Waals surface area (Å²) >= 11 is 0. The van der Waals surface area contributed by atoms with Crippen LogP contribution in [0.25, 0.3) is 0 Å². The molecule has 2 aliphatic rings. The molecule has 0 bridgehead atoms. The highest BCUT2D eigenvalue weighted by Crippen LogP contribution is 2.30. The van der Waals surface area contributed by atoms with E-state index in [4.69, 9.17) is 4.74 Å². The quantitative estimate of drug-likeness (QED) is 0.648. The summed E-state index contributed by atoms with van der Waals surface area (Å²) in [5.41, 5.74) is 1.37. The van der Waals surface area contributed by atoms with Crippen molar-refractivity contribution in [2.75, 3.05) is 26.7 Å². The van der Waals surface area contributed by atoms with Gasteiger partial charge in [-0.05, 0) is 54.7 Å². The molecule has 0 saturated carbocycles.